The van der Waals surface area contributed by atoms with Gasteiger partial charge in [0.1, 0.15) is 0 Å². The van der Waals surface area contributed by atoms with Crippen LogP contribution in [0.5, 0.6) is 0 Å². The summed E-state index contributed by atoms with van der Waals surface area (Å²) in [5.41, 5.74) is 8.67. The summed E-state index contributed by atoms with van der Waals surface area (Å²) >= 11 is 0. The van der Waals surface area contributed by atoms with E-state index in [1.807, 2.05) is 19.1 Å². The zero-order valence-electron chi connectivity index (χ0n) is 18.0. The van der Waals surface area contributed by atoms with Crippen molar-refractivity contribution in [2.45, 2.75) is 69.4 Å². The van der Waals surface area contributed by atoms with Crippen LogP contribution in [0.1, 0.15) is 63.1 Å². The Morgan fingerprint density at radius 3 is 2.20 bits per heavy atom. The van der Waals surface area contributed by atoms with Gasteiger partial charge in [0.25, 0.3) is 0 Å². The highest BCUT2D eigenvalue weighted by molar-refractivity contribution is 7.91. The summed E-state index contributed by atoms with van der Waals surface area (Å²) in [6.45, 7) is 1.96. The third-order valence-corrected chi connectivity index (χ3v) is 7.60. The molecule has 4 nitrogen and oxygen atoms in total. The van der Waals surface area contributed by atoms with Gasteiger partial charge in [-0.3, -0.25) is 0 Å². The Balaban J connectivity index is 1.26. The lowest BCUT2D eigenvalue weighted by molar-refractivity contribution is 0.459. The molecule has 0 aliphatic carbocycles. The van der Waals surface area contributed by atoms with E-state index in [0.29, 0.717) is 4.90 Å². The summed E-state index contributed by atoms with van der Waals surface area (Å²) in [5, 5.41) is 1.23. The molecule has 2 N–H and O–H groups in total. The number of unbranched alkanes of at least 4 members (excludes halogenated alkanes) is 6. The molecule has 1 aromatic heterocycles. The summed E-state index contributed by atoms with van der Waals surface area (Å²) in [6.07, 6.45) is 10.5. The molecule has 30 heavy (non-hydrogen) atoms. The van der Waals surface area contributed by atoms with E-state index in [1.165, 1.54) is 23.7 Å². The van der Waals surface area contributed by atoms with Crippen molar-refractivity contribution in [3.63, 3.8) is 0 Å². The number of nitrogens with zero attached hydrogens (tertiary/aromatic N) is 1. The van der Waals surface area contributed by atoms with Gasteiger partial charge in [0.05, 0.1) is 16.8 Å². The first kappa shape index (κ1) is 22.6. The molecular weight excluding hydrogens is 392 g/mol. The van der Waals surface area contributed by atoms with Gasteiger partial charge in [-0.15, -0.1) is 0 Å². The third-order valence-electron chi connectivity index (χ3n) is 5.78. The van der Waals surface area contributed by atoms with Crippen molar-refractivity contribution >= 4 is 20.7 Å². The van der Waals surface area contributed by atoms with Crippen molar-refractivity contribution in [1.29, 1.82) is 0 Å². The molecule has 0 aliphatic heterocycles. The normalized spacial score (nSPS) is 13.0. The van der Waals surface area contributed by atoms with E-state index in [0.717, 1.165) is 44.1 Å². The predicted molar refractivity (Wildman–Crippen MR) is 125 cm³/mol. The van der Waals surface area contributed by atoms with E-state index in [1.54, 1.807) is 12.1 Å². The van der Waals surface area contributed by atoms with Crippen molar-refractivity contribution in [1.82, 2.24) is 4.57 Å². The Labute approximate surface area is 181 Å². The van der Waals surface area contributed by atoms with Gasteiger partial charge in [-0.25, -0.2) is 8.42 Å². The number of nitrogens with two attached hydrogens (primary N) is 1. The van der Waals surface area contributed by atoms with E-state index < -0.39 is 9.84 Å². The van der Waals surface area contributed by atoms with E-state index in [2.05, 4.69) is 41.1 Å². The van der Waals surface area contributed by atoms with Gasteiger partial charge >= 0.3 is 0 Å². The van der Waals surface area contributed by atoms with Crippen molar-refractivity contribution in [3.05, 3.63) is 66.4 Å². The minimum atomic E-state index is -3.14. The number of fused-ring (bicyclic) bond motifs is 1. The van der Waals surface area contributed by atoms with Crippen LogP contribution in [0.3, 0.4) is 0 Å². The van der Waals surface area contributed by atoms with Crippen LogP contribution in [0.2, 0.25) is 0 Å². The Morgan fingerprint density at radius 2 is 1.47 bits per heavy atom. The number of rotatable bonds is 12. The summed E-state index contributed by atoms with van der Waals surface area (Å²) < 4.78 is 26.9. The van der Waals surface area contributed by atoms with Gasteiger partial charge in [-0.1, -0.05) is 74.4 Å². The maximum Gasteiger partial charge on any atom is 0.178 e. The van der Waals surface area contributed by atoms with Crippen LogP contribution >= 0.6 is 0 Å². The Bertz CT molecular complexity index is 1020. The van der Waals surface area contributed by atoms with Crippen LogP contribution in [-0.4, -0.2) is 18.7 Å². The van der Waals surface area contributed by atoms with E-state index in [4.69, 9.17) is 5.73 Å². The van der Waals surface area contributed by atoms with Crippen molar-refractivity contribution in [2.75, 3.05) is 5.75 Å². The molecular formula is C25H34N2O2S. The molecule has 0 amide bonds. The molecule has 1 heterocycles. The minimum Gasteiger partial charge on any atom is -0.332 e. The molecule has 0 bridgehead atoms. The lowest BCUT2D eigenvalue weighted by Gasteiger charge is -2.15. The molecule has 5 heteroatoms. The van der Waals surface area contributed by atoms with E-state index in [9.17, 15) is 8.42 Å². The molecule has 162 valence electrons. The molecule has 0 spiro atoms. The number of aryl methyl sites for hydroxylation is 1. The zero-order valence-corrected chi connectivity index (χ0v) is 18.8. The molecule has 0 fully saturated rings. The highest BCUT2D eigenvalue weighted by atomic mass is 32.2. The van der Waals surface area contributed by atoms with Gasteiger partial charge < -0.3 is 10.3 Å². The second-order valence-corrected chi connectivity index (χ2v) is 10.4. The second-order valence-electron chi connectivity index (χ2n) is 8.24. The lowest BCUT2D eigenvalue weighted by atomic mass is 10.1. The number of para-hydroxylation sites is 1. The quantitative estimate of drug-likeness (QED) is 0.361. The summed E-state index contributed by atoms with van der Waals surface area (Å²) in [6, 6.07) is 17.6. The van der Waals surface area contributed by atoms with Crippen molar-refractivity contribution in [2.24, 2.45) is 5.73 Å². The first-order chi connectivity index (χ1) is 14.5. The SMILES string of the molecule is Cc1ccc(S(=O)(=O)CCCCCCCCCC(N)n2ccc3ccccc32)cc1. The van der Waals surface area contributed by atoms with Crippen LogP contribution in [-0.2, 0) is 9.84 Å². The fourth-order valence-electron chi connectivity index (χ4n) is 3.93. The van der Waals surface area contributed by atoms with E-state index in [-0.39, 0.29) is 11.9 Å². The highest BCUT2D eigenvalue weighted by Gasteiger charge is 2.13. The molecule has 2 aromatic carbocycles. The molecule has 0 saturated carbocycles. The van der Waals surface area contributed by atoms with Crippen LogP contribution in [0.25, 0.3) is 10.9 Å². The lowest BCUT2D eigenvalue weighted by Crippen LogP contribution is -2.17. The fourth-order valence-corrected chi connectivity index (χ4v) is 5.30. The average molecular weight is 427 g/mol. The Hall–Kier alpha value is -2.11. The molecule has 0 aliphatic rings. The topological polar surface area (TPSA) is 65.1 Å². The molecule has 1 unspecified atom stereocenters. The smallest absolute Gasteiger partial charge is 0.178 e. The largest absolute Gasteiger partial charge is 0.332 e. The molecule has 0 radical (unpaired) electrons. The number of hydrogen-bond acceptors (Lipinski definition) is 3. The van der Waals surface area contributed by atoms with Gasteiger partial charge in [-0.2, -0.15) is 0 Å². The average Bonchev–Trinajstić information content (AvgIpc) is 3.17. The minimum absolute atomic E-state index is 0.0249. The standard InChI is InChI=1S/C25H34N2O2S/c1-21-14-16-23(17-15-21)30(28,29)20-10-6-4-2-3-5-7-13-25(26)27-19-18-22-11-8-9-12-24(22)27/h8-9,11-12,14-19,25H,2-7,10,13,20,26H2,1H3. The van der Waals surface area contributed by atoms with Gasteiger partial charge in [0.2, 0.25) is 0 Å². The summed E-state index contributed by atoms with van der Waals surface area (Å²) in [7, 11) is -3.14. The number of sulfone groups is 1. The van der Waals surface area contributed by atoms with Gasteiger partial charge in [0, 0.05) is 11.7 Å². The first-order valence-electron chi connectivity index (χ1n) is 11.1. The first-order valence-corrected chi connectivity index (χ1v) is 12.7. The van der Waals surface area contributed by atoms with Crippen LogP contribution in [0, 0.1) is 6.92 Å². The molecule has 0 saturated heterocycles. The van der Waals surface area contributed by atoms with Crippen LogP contribution in [0.4, 0.5) is 0 Å². The number of benzene rings is 2. The second kappa shape index (κ2) is 10.8. The summed E-state index contributed by atoms with van der Waals surface area (Å²) in [5.74, 6) is 0.246. The maximum absolute atomic E-state index is 12.3. The highest BCUT2D eigenvalue weighted by Crippen LogP contribution is 2.21. The Kier molecular flexibility index (Phi) is 8.11. The third kappa shape index (κ3) is 6.19. The van der Waals surface area contributed by atoms with Crippen molar-refractivity contribution < 1.29 is 8.42 Å². The maximum atomic E-state index is 12.3. The number of hydrogen-bond donors (Lipinski definition) is 1. The zero-order chi connectivity index (χ0) is 21.4. The predicted octanol–water partition coefficient (Wildman–Crippen LogP) is 6.00. The fraction of sp³-hybridized carbons (Fsp3) is 0.440. The number of aromatic nitrogens is 1. The molecule has 1 atom stereocenters. The van der Waals surface area contributed by atoms with Gasteiger partial charge in [0.15, 0.2) is 9.84 Å². The van der Waals surface area contributed by atoms with Crippen molar-refractivity contribution in [3.8, 4) is 0 Å². The molecule has 3 rings (SSSR count). The van der Waals surface area contributed by atoms with Gasteiger partial charge in [-0.05, 0) is 49.4 Å². The van der Waals surface area contributed by atoms with E-state index >= 15 is 0 Å². The molecule has 3 aromatic rings. The Morgan fingerprint density at radius 1 is 0.833 bits per heavy atom. The van der Waals surface area contributed by atoms with Crippen LogP contribution < -0.4 is 5.73 Å². The van der Waals surface area contributed by atoms with Crippen LogP contribution in [0.15, 0.2) is 65.7 Å². The monoisotopic (exact) mass is 426 g/mol. The summed E-state index contributed by atoms with van der Waals surface area (Å²) in [4.78, 5) is 0.444.